The van der Waals surface area contributed by atoms with Gasteiger partial charge in [0.25, 0.3) is 0 Å². The van der Waals surface area contributed by atoms with E-state index >= 15 is 0 Å². The van der Waals surface area contributed by atoms with Crippen molar-refractivity contribution in [2.24, 2.45) is 4.99 Å². The van der Waals surface area contributed by atoms with Gasteiger partial charge in [0, 0.05) is 0 Å². The third-order valence-corrected chi connectivity index (χ3v) is 4.17. The lowest BCUT2D eigenvalue weighted by molar-refractivity contribution is 0.0599. The van der Waals surface area contributed by atoms with E-state index in [1.165, 1.54) is 7.11 Å². The molecule has 0 bridgehead atoms. The molecule has 0 saturated heterocycles. The number of hydrogen-bond donors (Lipinski definition) is 0. The SMILES string of the molecule is COC(=O)c1cc(C2(N=C=O)CCCC2)c(C)cc1C. The van der Waals surface area contributed by atoms with E-state index in [0.717, 1.165) is 42.4 Å². The van der Waals surface area contributed by atoms with Crippen molar-refractivity contribution in [2.75, 3.05) is 7.11 Å². The van der Waals surface area contributed by atoms with Gasteiger partial charge in [-0.05, 0) is 49.4 Å². The predicted molar refractivity (Wildman–Crippen MR) is 75.5 cm³/mol. The van der Waals surface area contributed by atoms with E-state index in [4.69, 9.17) is 4.74 Å². The number of ether oxygens (including phenoxy) is 1. The van der Waals surface area contributed by atoms with Crippen LogP contribution in [-0.2, 0) is 15.1 Å². The summed E-state index contributed by atoms with van der Waals surface area (Å²) in [6.45, 7) is 3.87. The van der Waals surface area contributed by atoms with Crippen molar-refractivity contribution >= 4 is 12.0 Å². The summed E-state index contributed by atoms with van der Waals surface area (Å²) in [4.78, 5) is 26.7. The standard InChI is InChI=1S/C16H19NO3/c1-11-8-12(2)14(9-13(11)15(19)20-3)16(17-10-18)6-4-5-7-16/h8-9H,4-7H2,1-3H3. The molecule has 1 fully saturated rings. The Kier molecular flexibility index (Phi) is 4.05. The lowest BCUT2D eigenvalue weighted by atomic mass is 9.83. The van der Waals surface area contributed by atoms with Crippen molar-refractivity contribution in [3.8, 4) is 0 Å². The Hall–Kier alpha value is -1.93. The van der Waals surface area contributed by atoms with Crippen molar-refractivity contribution in [1.82, 2.24) is 0 Å². The van der Waals surface area contributed by atoms with Crippen LogP contribution in [0.4, 0.5) is 0 Å². The normalized spacial score (nSPS) is 16.6. The van der Waals surface area contributed by atoms with Gasteiger partial charge >= 0.3 is 5.97 Å². The number of aryl methyl sites for hydroxylation is 2. The number of benzene rings is 1. The number of carbonyl (C=O) groups is 1. The molecule has 1 aliphatic carbocycles. The molecule has 0 aromatic heterocycles. The van der Waals surface area contributed by atoms with Gasteiger partial charge in [0.1, 0.15) is 0 Å². The number of aliphatic imine (C=N–C) groups is 1. The lowest BCUT2D eigenvalue weighted by Crippen LogP contribution is -2.21. The van der Waals surface area contributed by atoms with E-state index in [-0.39, 0.29) is 5.97 Å². The fraction of sp³-hybridized carbons (Fsp3) is 0.500. The second-order valence-corrected chi connectivity index (χ2v) is 5.42. The number of methoxy groups -OCH3 is 1. The van der Waals surface area contributed by atoms with Crippen molar-refractivity contribution in [3.05, 3.63) is 34.4 Å². The molecule has 1 aromatic carbocycles. The second kappa shape index (κ2) is 5.59. The van der Waals surface area contributed by atoms with Gasteiger partial charge in [-0.2, -0.15) is 4.99 Å². The van der Waals surface area contributed by atoms with Crippen molar-refractivity contribution in [1.29, 1.82) is 0 Å². The maximum absolute atomic E-state index is 11.8. The number of nitrogens with zero attached hydrogens (tertiary/aromatic N) is 1. The molecule has 106 valence electrons. The van der Waals surface area contributed by atoms with Gasteiger partial charge in [-0.25, -0.2) is 9.59 Å². The van der Waals surface area contributed by atoms with Crippen molar-refractivity contribution < 1.29 is 14.3 Å². The monoisotopic (exact) mass is 273 g/mol. The fourth-order valence-electron chi connectivity index (χ4n) is 3.17. The molecule has 0 radical (unpaired) electrons. The quantitative estimate of drug-likeness (QED) is 0.483. The van der Waals surface area contributed by atoms with Crippen LogP contribution in [-0.4, -0.2) is 19.2 Å². The summed E-state index contributed by atoms with van der Waals surface area (Å²) < 4.78 is 4.82. The molecule has 0 aliphatic heterocycles. The summed E-state index contributed by atoms with van der Waals surface area (Å²) in [5.74, 6) is -0.355. The van der Waals surface area contributed by atoms with Crippen LogP contribution in [0.5, 0.6) is 0 Å². The average Bonchev–Trinajstić information content (AvgIpc) is 2.88. The maximum Gasteiger partial charge on any atom is 0.338 e. The minimum atomic E-state index is -0.512. The Morgan fingerprint density at radius 2 is 1.90 bits per heavy atom. The van der Waals surface area contributed by atoms with Crippen LogP contribution in [0, 0.1) is 13.8 Å². The zero-order chi connectivity index (χ0) is 14.8. The minimum Gasteiger partial charge on any atom is -0.465 e. The average molecular weight is 273 g/mol. The Labute approximate surface area is 118 Å². The van der Waals surface area contributed by atoms with Crippen LogP contribution in [0.2, 0.25) is 0 Å². The van der Waals surface area contributed by atoms with Gasteiger partial charge in [0.05, 0.1) is 18.2 Å². The number of esters is 1. The highest BCUT2D eigenvalue weighted by Crippen LogP contribution is 2.44. The number of carbonyl (C=O) groups excluding carboxylic acids is 2. The van der Waals surface area contributed by atoms with Crippen LogP contribution in [0.3, 0.4) is 0 Å². The molecular weight excluding hydrogens is 254 g/mol. The minimum absolute atomic E-state index is 0.355. The van der Waals surface area contributed by atoms with Gasteiger partial charge in [-0.15, -0.1) is 0 Å². The van der Waals surface area contributed by atoms with E-state index in [0.29, 0.717) is 5.56 Å². The third-order valence-electron chi connectivity index (χ3n) is 4.17. The first-order valence-corrected chi connectivity index (χ1v) is 6.83. The molecule has 1 aliphatic rings. The summed E-state index contributed by atoms with van der Waals surface area (Å²) in [6, 6.07) is 3.80. The van der Waals surface area contributed by atoms with E-state index in [1.807, 2.05) is 26.0 Å². The Balaban J connectivity index is 2.61. The molecule has 0 amide bonds. The largest absolute Gasteiger partial charge is 0.465 e. The van der Waals surface area contributed by atoms with E-state index in [1.54, 1.807) is 6.08 Å². The second-order valence-electron chi connectivity index (χ2n) is 5.42. The van der Waals surface area contributed by atoms with Crippen LogP contribution >= 0.6 is 0 Å². The molecule has 0 spiro atoms. The molecular formula is C16H19NO3. The summed E-state index contributed by atoms with van der Waals surface area (Å²) in [5, 5.41) is 0. The predicted octanol–water partition coefficient (Wildman–Crippen LogP) is 3.20. The number of rotatable bonds is 3. The third kappa shape index (κ3) is 2.39. The Bertz CT molecular complexity index is 580. The van der Waals surface area contributed by atoms with Gasteiger partial charge in [-0.1, -0.05) is 18.9 Å². The Morgan fingerprint density at radius 3 is 2.45 bits per heavy atom. The molecule has 0 unspecified atom stereocenters. The molecule has 0 atom stereocenters. The summed E-state index contributed by atoms with van der Waals surface area (Å²) in [6.07, 6.45) is 5.43. The molecule has 20 heavy (non-hydrogen) atoms. The highest BCUT2D eigenvalue weighted by Gasteiger charge is 2.37. The van der Waals surface area contributed by atoms with Gasteiger partial charge in [0.15, 0.2) is 0 Å². The maximum atomic E-state index is 11.8. The molecule has 1 saturated carbocycles. The molecule has 2 rings (SSSR count). The van der Waals surface area contributed by atoms with E-state index in [2.05, 4.69) is 4.99 Å². The van der Waals surface area contributed by atoms with Crippen molar-refractivity contribution in [2.45, 2.75) is 45.1 Å². The topological polar surface area (TPSA) is 55.7 Å². The smallest absolute Gasteiger partial charge is 0.338 e. The zero-order valence-electron chi connectivity index (χ0n) is 12.2. The van der Waals surface area contributed by atoms with Crippen LogP contribution < -0.4 is 0 Å². The fourth-order valence-corrected chi connectivity index (χ4v) is 3.17. The number of hydrogen-bond acceptors (Lipinski definition) is 4. The van der Waals surface area contributed by atoms with Gasteiger partial charge in [0.2, 0.25) is 6.08 Å². The first-order valence-electron chi connectivity index (χ1n) is 6.83. The zero-order valence-corrected chi connectivity index (χ0v) is 12.2. The highest BCUT2D eigenvalue weighted by molar-refractivity contribution is 5.91. The summed E-state index contributed by atoms with van der Waals surface area (Å²) in [7, 11) is 1.37. The first-order chi connectivity index (χ1) is 9.54. The van der Waals surface area contributed by atoms with Gasteiger partial charge < -0.3 is 4.74 Å². The Morgan fingerprint density at radius 1 is 1.25 bits per heavy atom. The molecule has 0 heterocycles. The molecule has 4 nitrogen and oxygen atoms in total. The highest BCUT2D eigenvalue weighted by atomic mass is 16.5. The van der Waals surface area contributed by atoms with Gasteiger partial charge in [-0.3, -0.25) is 0 Å². The summed E-state index contributed by atoms with van der Waals surface area (Å²) >= 11 is 0. The van der Waals surface area contributed by atoms with E-state index < -0.39 is 5.54 Å². The van der Waals surface area contributed by atoms with Crippen LogP contribution in [0.1, 0.15) is 52.7 Å². The number of isocyanates is 1. The first kappa shape index (κ1) is 14.5. The summed E-state index contributed by atoms with van der Waals surface area (Å²) in [5.41, 5.74) is 2.91. The molecule has 0 N–H and O–H groups in total. The lowest BCUT2D eigenvalue weighted by Gasteiger charge is -2.26. The van der Waals surface area contributed by atoms with Crippen molar-refractivity contribution in [3.63, 3.8) is 0 Å². The molecule has 4 heteroatoms. The van der Waals surface area contributed by atoms with E-state index in [9.17, 15) is 9.59 Å². The van der Waals surface area contributed by atoms with Crippen LogP contribution in [0.15, 0.2) is 17.1 Å². The van der Waals surface area contributed by atoms with Crippen LogP contribution in [0.25, 0.3) is 0 Å². The molecule has 1 aromatic rings.